The lowest BCUT2D eigenvalue weighted by Gasteiger charge is -2.33. The molecule has 3 aromatic heterocycles. The number of aromatic nitrogens is 3. The van der Waals surface area contributed by atoms with Crippen LogP contribution in [0.5, 0.6) is 0 Å². The average Bonchev–Trinajstić information content (AvgIpc) is 3.61. The first-order chi connectivity index (χ1) is 22.3. The van der Waals surface area contributed by atoms with Gasteiger partial charge < -0.3 is 14.0 Å². The summed E-state index contributed by atoms with van der Waals surface area (Å²) in [6.45, 7) is 0. The van der Waals surface area contributed by atoms with Crippen LogP contribution in [0.25, 0.3) is 66.1 Å². The lowest BCUT2D eigenvalue weighted by atomic mass is 10.1. The number of para-hydroxylation sites is 5. The van der Waals surface area contributed by atoms with E-state index in [2.05, 4.69) is 159 Å². The van der Waals surface area contributed by atoms with Crippen molar-refractivity contribution in [1.82, 2.24) is 14.1 Å². The Kier molecular flexibility index (Phi) is 4.96. The Morgan fingerprint density at radius 1 is 0.400 bits per heavy atom. The minimum atomic E-state index is 1.12. The molecule has 0 amide bonds. The van der Waals surface area contributed by atoms with Crippen molar-refractivity contribution in [1.29, 1.82) is 0 Å². The van der Waals surface area contributed by atoms with Gasteiger partial charge in [-0.05, 0) is 77.9 Å². The average molecular weight is 575 g/mol. The van der Waals surface area contributed by atoms with E-state index < -0.39 is 0 Å². The summed E-state index contributed by atoms with van der Waals surface area (Å²) < 4.78 is 4.89. The van der Waals surface area contributed by atoms with Crippen LogP contribution in [0.1, 0.15) is 0 Å². The third-order valence-corrected chi connectivity index (χ3v) is 9.30. The highest BCUT2D eigenvalue weighted by molar-refractivity contribution is 6.22. The van der Waals surface area contributed by atoms with Gasteiger partial charge in [0.25, 0.3) is 0 Å². The van der Waals surface area contributed by atoms with Gasteiger partial charge in [0.15, 0.2) is 0 Å². The second-order valence-electron chi connectivity index (χ2n) is 11.7. The third kappa shape index (κ3) is 3.39. The summed E-state index contributed by atoms with van der Waals surface area (Å²) >= 11 is 0. The minimum absolute atomic E-state index is 1.12. The zero-order chi connectivity index (χ0) is 29.5. The highest BCUT2D eigenvalue weighted by atomic mass is 15.2. The van der Waals surface area contributed by atoms with E-state index >= 15 is 0 Å². The van der Waals surface area contributed by atoms with E-state index in [0.29, 0.717) is 0 Å². The van der Waals surface area contributed by atoms with Gasteiger partial charge in [0.1, 0.15) is 0 Å². The maximum Gasteiger partial charge on any atom is 0.0783 e. The molecule has 0 spiro atoms. The Morgan fingerprint density at radius 2 is 1.09 bits per heavy atom. The first-order valence-corrected chi connectivity index (χ1v) is 15.3. The van der Waals surface area contributed by atoms with Gasteiger partial charge in [0, 0.05) is 45.3 Å². The monoisotopic (exact) mass is 574 g/mol. The van der Waals surface area contributed by atoms with E-state index in [-0.39, 0.29) is 0 Å². The largest absolute Gasteiger partial charge is 0.309 e. The highest BCUT2D eigenvalue weighted by Gasteiger charge is 2.29. The second kappa shape index (κ2) is 9.18. The highest BCUT2D eigenvalue weighted by Crippen LogP contribution is 2.50. The summed E-state index contributed by atoms with van der Waals surface area (Å²) in [4.78, 5) is 6.71. The topological polar surface area (TPSA) is 26.0 Å². The van der Waals surface area contributed by atoms with Crippen LogP contribution >= 0.6 is 0 Å². The predicted molar refractivity (Wildman–Crippen MR) is 187 cm³/mol. The molecule has 1 aliphatic rings. The molecule has 0 saturated heterocycles. The molecule has 0 saturated carbocycles. The molecule has 10 rings (SSSR count). The molecule has 0 radical (unpaired) electrons. The quantitative estimate of drug-likeness (QED) is 0.210. The van der Waals surface area contributed by atoms with Gasteiger partial charge in [-0.25, -0.2) is 0 Å². The first-order valence-electron chi connectivity index (χ1n) is 15.3. The van der Waals surface area contributed by atoms with Crippen LogP contribution in [0.3, 0.4) is 0 Å². The van der Waals surface area contributed by atoms with Crippen molar-refractivity contribution in [2.75, 3.05) is 4.90 Å². The van der Waals surface area contributed by atoms with Gasteiger partial charge in [0.2, 0.25) is 0 Å². The summed E-state index contributed by atoms with van der Waals surface area (Å²) in [7, 11) is 0. The molecule has 6 aromatic carbocycles. The van der Waals surface area contributed by atoms with E-state index in [4.69, 9.17) is 0 Å². The summed E-state index contributed by atoms with van der Waals surface area (Å²) in [5.41, 5.74) is 13.0. The van der Waals surface area contributed by atoms with Crippen LogP contribution in [0.15, 0.2) is 158 Å². The normalized spacial score (nSPS) is 12.4. The molecule has 0 atom stereocenters. The summed E-state index contributed by atoms with van der Waals surface area (Å²) in [5.74, 6) is 0. The maximum atomic E-state index is 4.31. The van der Waals surface area contributed by atoms with Crippen molar-refractivity contribution in [2.24, 2.45) is 0 Å². The Labute approximate surface area is 259 Å². The van der Waals surface area contributed by atoms with Crippen molar-refractivity contribution < 1.29 is 0 Å². The molecule has 0 bridgehead atoms. The number of anilines is 3. The number of benzene rings is 6. The van der Waals surface area contributed by atoms with Gasteiger partial charge in [-0.15, -0.1) is 0 Å². The molecule has 4 heteroatoms. The Morgan fingerprint density at radius 3 is 1.91 bits per heavy atom. The summed E-state index contributed by atoms with van der Waals surface area (Å²) in [6.07, 6.45) is 3.73. The standard InChI is InChI=1S/C41H26N4/c1-2-11-29(12-3-1)44-36-16-6-7-17-37(36)45-40-24-33-31-13-4-5-15-35(31)43(30-21-19-27(20-22-30)28-10-9-23-42-26-28)39(33)25-34(40)32-14-8-18-38(44)41(32)45/h1-26H. The number of pyridine rings is 1. The van der Waals surface area contributed by atoms with Crippen molar-refractivity contribution in [3.05, 3.63) is 158 Å². The molecular weight excluding hydrogens is 548 g/mol. The van der Waals surface area contributed by atoms with Gasteiger partial charge in [-0.3, -0.25) is 4.98 Å². The molecule has 0 unspecified atom stereocenters. The predicted octanol–water partition coefficient (Wildman–Crippen LogP) is 10.7. The lowest BCUT2D eigenvalue weighted by Crippen LogP contribution is -2.17. The molecule has 0 aliphatic carbocycles. The SMILES string of the molecule is c1ccc(N2c3ccccc3-n3c4cc5c6ccccc6n(-c6ccc(-c7cccnc7)cc6)c5cc4c4cccc2c43)cc1. The molecule has 4 heterocycles. The molecule has 45 heavy (non-hydrogen) atoms. The zero-order valence-electron chi connectivity index (χ0n) is 24.3. The van der Waals surface area contributed by atoms with Crippen LogP contribution in [0.4, 0.5) is 17.1 Å². The zero-order valence-corrected chi connectivity index (χ0v) is 24.3. The second-order valence-corrected chi connectivity index (χ2v) is 11.7. The number of fused-ring (bicyclic) bond motifs is 8. The number of nitrogens with zero attached hydrogens (tertiary/aromatic N) is 4. The number of hydrogen-bond donors (Lipinski definition) is 0. The first kappa shape index (κ1) is 24.3. The third-order valence-electron chi connectivity index (χ3n) is 9.30. The van der Waals surface area contributed by atoms with Gasteiger partial charge >= 0.3 is 0 Å². The van der Waals surface area contributed by atoms with Gasteiger partial charge in [-0.1, -0.05) is 78.9 Å². The molecule has 9 aromatic rings. The van der Waals surface area contributed by atoms with Crippen LogP contribution in [0.2, 0.25) is 0 Å². The Hall–Kier alpha value is -6.13. The van der Waals surface area contributed by atoms with Crippen molar-refractivity contribution in [3.8, 4) is 22.5 Å². The van der Waals surface area contributed by atoms with Crippen molar-refractivity contribution >= 4 is 60.7 Å². The van der Waals surface area contributed by atoms with Crippen LogP contribution in [-0.2, 0) is 0 Å². The van der Waals surface area contributed by atoms with E-state index in [1.807, 2.05) is 18.5 Å². The maximum absolute atomic E-state index is 4.31. The molecular formula is C41H26N4. The summed E-state index contributed by atoms with van der Waals surface area (Å²) in [6, 6.07) is 52.7. The Bertz CT molecular complexity index is 2580. The fraction of sp³-hybridized carbons (Fsp3) is 0. The number of rotatable bonds is 3. The van der Waals surface area contributed by atoms with Crippen LogP contribution in [-0.4, -0.2) is 14.1 Å². The van der Waals surface area contributed by atoms with Crippen molar-refractivity contribution in [2.45, 2.75) is 0 Å². The van der Waals surface area contributed by atoms with Crippen LogP contribution < -0.4 is 4.90 Å². The molecule has 0 N–H and O–H groups in total. The van der Waals surface area contributed by atoms with E-state index in [1.54, 1.807) is 0 Å². The van der Waals surface area contributed by atoms with Gasteiger partial charge in [-0.2, -0.15) is 0 Å². The molecule has 210 valence electrons. The molecule has 4 nitrogen and oxygen atoms in total. The minimum Gasteiger partial charge on any atom is -0.309 e. The smallest absolute Gasteiger partial charge is 0.0783 e. The van der Waals surface area contributed by atoms with Crippen molar-refractivity contribution in [3.63, 3.8) is 0 Å². The molecule has 0 fully saturated rings. The van der Waals surface area contributed by atoms with E-state index in [1.165, 1.54) is 60.7 Å². The van der Waals surface area contributed by atoms with Gasteiger partial charge in [0.05, 0.1) is 39.1 Å². The lowest BCUT2D eigenvalue weighted by molar-refractivity contribution is 1.11. The fourth-order valence-electron chi connectivity index (χ4n) is 7.38. The summed E-state index contributed by atoms with van der Waals surface area (Å²) in [5, 5.41) is 5.00. The van der Waals surface area contributed by atoms with E-state index in [9.17, 15) is 0 Å². The van der Waals surface area contributed by atoms with E-state index in [0.717, 1.165) is 22.5 Å². The fourth-order valence-corrected chi connectivity index (χ4v) is 7.38. The Balaban J connectivity index is 1.28. The molecule has 1 aliphatic heterocycles. The number of hydrogen-bond acceptors (Lipinski definition) is 2. The van der Waals surface area contributed by atoms with Crippen LogP contribution in [0, 0.1) is 0 Å².